The van der Waals surface area contributed by atoms with Gasteiger partial charge in [-0.05, 0) is 41.4 Å². The molecule has 1 atom stereocenters. The smallest absolute Gasteiger partial charge is 0.157 e. The summed E-state index contributed by atoms with van der Waals surface area (Å²) in [5.74, 6) is 0.913. The van der Waals surface area contributed by atoms with Crippen LogP contribution in [0.3, 0.4) is 0 Å². The van der Waals surface area contributed by atoms with Crippen LogP contribution in [0.2, 0.25) is 0 Å². The largest absolute Gasteiger partial charge is 0.504 e. The van der Waals surface area contributed by atoms with Gasteiger partial charge in [-0.25, -0.2) is 0 Å². The molecule has 0 fully saturated rings. The maximum Gasteiger partial charge on any atom is 0.157 e. The standard InChI is InChI=1S/C15H24O2/c1-10(2)8-12(15(3,4)5)11-6-7-13(16)14(17)9-11/h6-7,9-10,12,16-17H,8H2,1-5H3. The van der Waals surface area contributed by atoms with Gasteiger partial charge in [0.2, 0.25) is 0 Å². The third-order valence-corrected chi connectivity index (χ3v) is 3.15. The lowest BCUT2D eigenvalue weighted by molar-refractivity contribution is 0.279. The minimum atomic E-state index is -0.0500. The van der Waals surface area contributed by atoms with E-state index in [4.69, 9.17) is 0 Å². The number of phenols is 2. The van der Waals surface area contributed by atoms with E-state index in [0.717, 1.165) is 12.0 Å². The number of aromatic hydroxyl groups is 2. The first kappa shape index (κ1) is 13.9. The van der Waals surface area contributed by atoms with Crippen LogP contribution in [-0.4, -0.2) is 10.2 Å². The first-order chi connectivity index (χ1) is 7.71. The first-order valence-electron chi connectivity index (χ1n) is 6.23. The van der Waals surface area contributed by atoms with E-state index in [9.17, 15) is 10.2 Å². The van der Waals surface area contributed by atoms with Crippen LogP contribution >= 0.6 is 0 Å². The molecule has 0 spiro atoms. The summed E-state index contributed by atoms with van der Waals surface area (Å²) in [4.78, 5) is 0. The molecular weight excluding hydrogens is 212 g/mol. The summed E-state index contributed by atoms with van der Waals surface area (Å²) in [7, 11) is 0. The van der Waals surface area contributed by atoms with Crippen LogP contribution in [-0.2, 0) is 0 Å². The molecule has 1 aromatic rings. The van der Waals surface area contributed by atoms with Gasteiger partial charge in [-0.2, -0.15) is 0 Å². The van der Waals surface area contributed by atoms with Gasteiger partial charge in [0, 0.05) is 0 Å². The molecule has 0 aliphatic heterocycles. The van der Waals surface area contributed by atoms with Crippen molar-refractivity contribution in [2.24, 2.45) is 11.3 Å². The first-order valence-corrected chi connectivity index (χ1v) is 6.23. The van der Waals surface area contributed by atoms with Crippen LogP contribution in [0.25, 0.3) is 0 Å². The van der Waals surface area contributed by atoms with Gasteiger partial charge in [0.05, 0.1) is 0 Å². The number of hydrogen-bond acceptors (Lipinski definition) is 2. The Morgan fingerprint density at radius 3 is 2.06 bits per heavy atom. The SMILES string of the molecule is CC(C)CC(c1ccc(O)c(O)c1)C(C)(C)C. The molecule has 17 heavy (non-hydrogen) atoms. The van der Waals surface area contributed by atoms with E-state index >= 15 is 0 Å². The van der Waals surface area contributed by atoms with Gasteiger partial charge in [-0.3, -0.25) is 0 Å². The van der Waals surface area contributed by atoms with Crippen molar-refractivity contribution in [3.05, 3.63) is 23.8 Å². The summed E-state index contributed by atoms with van der Waals surface area (Å²) in [5.41, 5.74) is 1.25. The molecule has 96 valence electrons. The van der Waals surface area contributed by atoms with Crippen LogP contribution in [0.1, 0.15) is 52.5 Å². The monoisotopic (exact) mass is 236 g/mol. The molecular formula is C15H24O2. The Labute approximate surface area is 104 Å². The highest BCUT2D eigenvalue weighted by molar-refractivity contribution is 5.42. The second-order valence-corrected chi connectivity index (χ2v) is 6.30. The highest BCUT2D eigenvalue weighted by atomic mass is 16.3. The lowest BCUT2D eigenvalue weighted by Crippen LogP contribution is -2.20. The van der Waals surface area contributed by atoms with Crippen LogP contribution < -0.4 is 0 Å². The average molecular weight is 236 g/mol. The van der Waals surface area contributed by atoms with Gasteiger partial charge < -0.3 is 10.2 Å². The molecule has 2 N–H and O–H groups in total. The van der Waals surface area contributed by atoms with E-state index in [0.29, 0.717) is 11.8 Å². The quantitative estimate of drug-likeness (QED) is 0.769. The topological polar surface area (TPSA) is 40.5 Å². The lowest BCUT2D eigenvalue weighted by atomic mass is 9.72. The Balaban J connectivity index is 3.09. The van der Waals surface area contributed by atoms with Crippen LogP contribution in [0.15, 0.2) is 18.2 Å². The summed E-state index contributed by atoms with van der Waals surface area (Å²) in [6.07, 6.45) is 1.08. The van der Waals surface area contributed by atoms with E-state index < -0.39 is 0 Å². The molecule has 0 aromatic heterocycles. The Hall–Kier alpha value is -1.18. The minimum absolute atomic E-state index is 0.0273. The van der Waals surface area contributed by atoms with Crippen LogP contribution in [0.5, 0.6) is 11.5 Å². The fourth-order valence-electron chi connectivity index (χ4n) is 2.22. The highest BCUT2D eigenvalue weighted by Crippen LogP contribution is 2.41. The van der Waals surface area contributed by atoms with Crippen molar-refractivity contribution in [1.29, 1.82) is 0 Å². The van der Waals surface area contributed by atoms with Gasteiger partial charge in [0.25, 0.3) is 0 Å². The summed E-state index contributed by atoms with van der Waals surface area (Å²) < 4.78 is 0. The van der Waals surface area contributed by atoms with Crippen molar-refractivity contribution < 1.29 is 10.2 Å². The molecule has 1 rings (SSSR count). The van der Waals surface area contributed by atoms with Crippen LogP contribution in [0.4, 0.5) is 0 Å². The normalized spacial score (nSPS) is 14.0. The second kappa shape index (κ2) is 4.99. The molecule has 1 unspecified atom stereocenters. The maximum atomic E-state index is 9.60. The van der Waals surface area contributed by atoms with Crippen molar-refractivity contribution in [3.63, 3.8) is 0 Å². The number of benzene rings is 1. The van der Waals surface area contributed by atoms with E-state index in [-0.39, 0.29) is 16.9 Å². The molecule has 2 nitrogen and oxygen atoms in total. The van der Waals surface area contributed by atoms with E-state index in [1.807, 2.05) is 6.07 Å². The summed E-state index contributed by atoms with van der Waals surface area (Å²) in [6.45, 7) is 11.1. The summed E-state index contributed by atoms with van der Waals surface area (Å²) in [6, 6.07) is 5.17. The molecule has 0 radical (unpaired) electrons. The predicted octanol–water partition coefficient (Wildman–Crippen LogP) is 4.27. The van der Waals surface area contributed by atoms with E-state index in [1.54, 1.807) is 12.1 Å². The van der Waals surface area contributed by atoms with Gasteiger partial charge in [-0.15, -0.1) is 0 Å². The number of rotatable bonds is 3. The fraction of sp³-hybridized carbons (Fsp3) is 0.600. The summed E-state index contributed by atoms with van der Waals surface area (Å²) >= 11 is 0. The van der Waals surface area contributed by atoms with Crippen molar-refractivity contribution >= 4 is 0 Å². The molecule has 0 aliphatic rings. The second-order valence-electron chi connectivity index (χ2n) is 6.30. The minimum Gasteiger partial charge on any atom is -0.504 e. The Morgan fingerprint density at radius 1 is 1.06 bits per heavy atom. The van der Waals surface area contributed by atoms with E-state index in [2.05, 4.69) is 34.6 Å². The third-order valence-electron chi connectivity index (χ3n) is 3.15. The fourth-order valence-corrected chi connectivity index (χ4v) is 2.22. The zero-order valence-corrected chi connectivity index (χ0v) is 11.5. The molecule has 2 heteroatoms. The van der Waals surface area contributed by atoms with Gasteiger partial charge in [0.1, 0.15) is 0 Å². The molecule has 1 aromatic carbocycles. The van der Waals surface area contributed by atoms with Crippen molar-refractivity contribution in [1.82, 2.24) is 0 Å². The predicted molar refractivity (Wildman–Crippen MR) is 71.4 cm³/mol. The van der Waals surface area contributed by atoms with Gasteiger partial charge >= 0.3 is 0 Å². The molecule has 0 saturated carbocycles. The van der Waals surface area contributed by atoms with Crippen molar-refractivity contribution in [2.75, 3.05) is 0 Å². The van der Waals surface area contributed by atoms with Gasteiger partial charge in [0.15, 0.2) is 11.5 Å². The number of phenolic OH excluding ortho intramolecular Hbond substituents is 2. The Morgan fingerprint density at radius 2 is 1.65 bits per heavy atom. The van der Waals surface area contributed by atoms with Gasteiger partial charge in [-0.1, -0.05) is 40.7 Å². The number of hydrogen-bond donors (Lipinski definition) is 2. The molecule has 0 saturated heterocycles. The maximum absolute atomic E-state index is 9.60. The highest BCUT2D eigenvalue weighted by Gasteiger charge is 2.27. The van der Waals surface area contributed by atoms with E-state index in [1.165, 1.54) is 0 Å². The lowest BCUT2D eigenvalue weighted by Gasteiger charge is -2.32. The average Bonchev–Trinajstić information content (AvgIpc) is 2.17. The van der Waals surface area contributed by atoms with Crippen LogP contribution in [0, 0.1) is 11.3 Å². The Bertz CT molecular complexity index is 375. The zero-order valence-electron chi connectivity index (χ0n) is 11.5. The third kappa shape index (κ3) is 3.65. The Kier molecular flexibility index (Phi) is 4.07. The molecule has 0 aliphatic carbocycles. The van der Waals surface area contributed by atoms with Crippen molar-refractivity contribution in [2.45, 2.75) is 47.0 Å². The summed E-state index contributed by atoms with van der Waals surface area (Å²) in [5, 5.41) is 19.0. The molecule has 0 bridgehead atoms. The van der Waals surface area contributed by atoms with Crippen molar-refractivity contribution in [3.8, 4) is 11.5 Å². The zero-order chi connectivity index (χ0) is 13.2. The molecule has 0 amide bonds. The molecule has 0 heterocycles.